The van der Waals surface area contributed by atoms with Gasteiger partial charge in [-0.1, -0.05) is 18.2 Å². The summed E-state index contributed by atoms with van der Waals surface area (Å²) in [5.74, 6) is 0. The zero-order chi connectivity index (χ0) is 13.3. The van der Waals surface area contributed by atoms with Gasteiger partial charge in [-0.25, -0.2) is 9.34 Å². The maximum Gasteiger partial charge on any atom is 0.310 e. The van der Waals surface area contributed by atoms with Gasteiger partial charge in [-0.05, 0) is 52.7 Å². The van der Waals surface area contributed by atoms with E-state index in [0.717, 1.165) is 25.1 Å². The quantitative estimate of drug-likeness (QED) is 0.787. The topological polar surface area (TPSA) is 26.8 Å². The van der Waals surface area contributed by atoms with Crippen LogP contribution in [0.1, 0.15) is 12.0 Å². The standard InChI is InChI=1S/C13H22N3OP/c1-14(2)18(17,15(3)4)16-11-7-9-12-8-5-6-10-13(12)16/h5-6,8,10H,7,9,11H2,1-4H3. The first-order valence-corrected chi connectivity index (χ1v) is 7.86. The third kappa shape index (κ3) is 2.09. The van der Waals surface area contributed by atoms with Crippen LogP contribution in [0.5, 0.6) is 0 Å². The molecular weight excluding hydrogens is 245 g/mol. The molecule has 0 radical (unpaired) electrons. The summed E-state index contributed by atoms with van der Waals surface area (Å²) in [6.07, 6.45) is 2.14. The summed E-state index contributed by atoms with van der Waals surface area (Å²) in [7, 11) is 4.88. The van der Waals surface area contributed by atoms with Gasteiger partial charge in [-0.3, -0.25) is 9.24 Å². The lowest BCUT2D eigenvalue weighted by Gasteiger charge is -2.43. The van der Waals surface area contributed by atoms with E-state index in [9.17, 15) is 4.57 Å². The summed E-state index contributed by atoms with van der Waals surface area (Å²) in [5.41, 5.74) is 2.42. The van der Waals surface area contributed by atoms with Crippen molar-refractivity contribution in [3.63, 3.8) is 0 Å². The summed E-state index contributed by atoms with van der Waals surface area (Å²) in [6.45, 7) is 0.852. The van der Waals surface area contributed by atoms with Gasteiger partial charge in [0.15, 0.2) is 0 Å². The Morgan fingerprint density at radius 3 is 2.33 bits per heavy atom. The number of benzene rings is 1. The zero-order valence-corrected chi connectivity index (χ0v) is 12.5. The summed E-state index contributed by atoms with van der Waals surface area (Å²) in [4.78, 5) is 0. The summed E-state index contributed by atoms with van der Waals surface area (Å²) in [6, 6.07) is 8.29. The molecule has 1 aromatic rings. The van der Waals surface area contributed by atoms with E-state index in [0.29, 0.717) is 0 Å². The Kier molecular flexibility index (Phi) is 3.81. The fraction of sp³-hybridized carbons (Fsp3) is 0.538. The van der Waals surface area contributed by atoms with Crippen molar-refractivity contribution in [3.05, 3.63) is 29.8 Å². The number of aryl methyl sites for hydroxylation is 1. The zero-order valence-electron chi connectivity index (χ0n) is 11.6. The van der Waals surface area contributed by atoms with Gasteiger partial charge < -0.3 is 0 Å². The average molecular weight is 267 g/mol. The van der Waals surface area contributed by atoms with Crippen LogP contribution in [0.15, 0.2) is 24.3 Å². The lowest BCUT2D eigenvalue weighted by molar-refractivity contribution is 0.440. The van der Waals surface area contributed by atoms with Crippen LogP contribution in [-0.4, -0.2) is 44.1 Å². The average Bonchev–Trinajstić information content (AvgIpc) is 2.36. The molecule has 2 rings (SSSR count). The molecular formula is C13H22N3OP. The van der Waals surface area contributed by atoms with Gasteiger partial charge >= 0.3 is 7.59 Å². The Bertz CT molecular complexity index is 461. The normalized spacial score (nSPS) is 16.2. The first-order chi connectivity index (χ1) is 8.48. The van der Waals surface area contributed by atoms with Gasteiger partial charge in [0.2, 0.25) is 0 Å². The van der Waals surface area contributed by atoms with E-state index in [1.165, 1.54) is 5.56 Å². The molecule has 0 saturated heterocycles. The van der Waals surface area contributed by atoms with Gasteiger partial charge in [0.25, 0.3) is 0 Å². The highest BCUT2D eigenvalue weighted by atomic mass is 31.2. The van der Waals surface area contributed by atoms with Crippen LogP contribution >= 0.6 is 7.59 Å². The Balaban J connectivity index is 2.49. The van der Waals surface area contributed by atoms with Gasteiger partial charge in [0, 0.05) is 12.2 Å². The molecule has 0 unspecified atom stereocenters. The fourth-order valence-electron chi connectivity index (χ4n) is 2.57. The van der Waals surface area contributed by atoms with Crippen LogP contribution in [0.2, 0.25) is 0 Å². The Labute approximate surface area is 110 Å². The van der Waals surface area contributed by atoms with Crippen molar-refractivity contribution in [1.82, 2.24) is 9.34 Å². The molecule has 0 atom stereocenters. The molecule has 18 heavy (non-hydrogen) atoms. The highest BCUT2D eigenvalue weighted by molar-refractivity contribution is 7.60. The molecule has 0 bridgehead atoms. The minimum absolute atomic E-state index is 0.852. The van der Waals surface area contributed by atoms with E-state index >= 15 is 0 Å². The van der Waals surface area contributed by atoms with Crippen molar-refractivity contribution in [2.75, 3.05) is 39.4 Å². The third-order valence-electron chi connectivity index (χ3n) is 3.44. The maximum atomic E-state index is 13.3. The van der Waals surface area contributed by atoms with Crippen LogP contribution in [-0.2, 0) is 11.0 Å². The number of rotatable bonds is 3. The molecule has 0 amide bonds. The van der Waals surface area contributed by atoms with Gasteiger partial charge in [0.05, 0.1) is 0 Å². The predicted octanol–water partition coefficient (Wildman–Crippen LogP) is 2.67. The molecule has 1 aromatic carbocycles. The number of para-hydroxylation sites is 1. The maximum absolute atomic E-state index is 13.3. The molecule has 100 valence electrons. The van der Waals surface area contributed by atoms with Crippen molar-refractivity contribution < 1.29 is 4.57 Å². The number of anilines is 1. The first kappa shape index (κ1) is 13.6. The molecule has 0 saturated carbocycles. The monoisotopic (exact) mass is 267 g/mol. The van der Waals surface area contributed by atoms with Crippen LogP contribution < -0.4 is 4.67 Å². The summed E-state index contributed by atoms with van der Waals surface area (Å²) < 4.78 is 19.1. The van der Waals surface area contributed by atoms with Crippen LogP contribution in [0, 0.1) is 0 Å². The largest absolute Gasteiger partial charge is 0.310 e. The molecule has 0 N–H and O–H groups in total. The summed E-state index contributed by atoms with van der Waals surface area (Å²) >= 11 is 0. The lowest BCUT2D eigenvalue weighted by atomic mass is 10.0. The summed E-state index contributed by atoms with van der Waals surface area (Å²) in [5, 5.41) is 0. The minimum atomic E-state index is -2.67. The fourth-order valence-corrected chi connectivity index (χ4v) is 5.03. The van der Waals surface area contributed by atoms with Crippen molar-refractivity contribution in [2.45, 2.75) is 12.8 Å². The molecule has 0 spiro atoms. The highest BCUT2D eigenvalue weighted by Gasteiger charge is 2.37. The number of hydrogen-bond donors (Lipinski definition) is 0. The van der Waals surface area contributed by atoms with Gasteiger partial charge in [0.1, 0.15) is 0 Å². The van der Waals surface area contributed by atoms with E-state index < -0.39 is 7.59 Å². The molecule has 4 nitrogen and oxygen atoms in total. The van der Waals surface area contributed by atoms with E-state index in [1.54, 1.807) is 0 Å². The van der Waals surface area contributed by atoms with Crippen molar-refractivity contribution >= 4 is 13.3 Å². The third-order valence-corrected chi connectivity index (χ3v) is 6.57. The van der Waals surface area contributed by atoms with E-state index in [1.807, 2.05) is 43.6 Å². The van der Waals surface area contributed by atoms with E-state index in [2.05, 4.69) is 22.9 Å². The SMILES string of the molecule is CN(C)P(=O)(N(C)C)N1CCCc2ccccc21. The molecule has 0 aromatic heterocycles. The van der Waals surface area contributed by atoms with Crippen molar-refractivity contribution in [1.29, 1.82) is 0 Å². The molecule has 1 aliphatic rings. The van der Waals surface area contributed by atoms with E-state index in [4.69, 9.17) is 0 Å². The molecule has 5 heteroatoms. The van der Waals surface area contributed by atoms with Crippen LogP contribution in [0.4, 0.5) is 5.69 Å². The molecule has 1 heterocycles. The second-order valence-corrected chi connectivity index (χ2v) is 8.17. The number of nitrogens with zero attached hydrogens (tertiary/aromatic N) is 3. The predicted molar refractivity (Wildman–Crippen MR) is 77.1 cm³/mol. The number of fused-ring (bicyclic) bond motifs is 1. The number of hydrogen-bond acceptors (Lipinski definition) is 1. The van der Waals surface area contributed by atoms with Gasteiger partial charge in [-0.2, -0.15) is 0 Å². The Hall–Kier alpha value is -0.830. The van der Waals surface area contributed by atoms with E-state index in [-0.39, 0.29) is 0 Å². The second kappa shape index (κ2) is 5.04. The Morgan fingerprint density at radius 2 is 1.72 bits per heavy atom. The molecule has 0 aliphatic carbocycles. The van der Waals surface area contributed by atoms with Gasteiger partial charge in [-0.15, -0.1) is 0 Å². The second-order valence-electron chi connectivity index (χ2n) is 5.06. The highest BCUT2D eigenvalue weighted by Crippen LogP contribution is 2.56. The first-order valence-electron chi connectivity index (χ1n) is 6.29. The molecule has 0 fully saturated rings. The van der Waals surface area contributed by atoms with Crippen LogP contribution in [0.3, 0.4) is 0 Å². The Morgan fingerprint density at radius 1 is 1.11 bits per heavy atom. The lowest BCUT2D eigenvalue weighted by Crippen LogP contribution is -2.37. The van der Waals surface area contributed by atoms with Crippen molar-refractivity contribution in [3.8, 4) is 0 Å². The van der Waals surface area contributed by atoms with Crippen molar-refractivity contribution in [2.24, 2.45) is 0 Å². The minimum Gasteiger partial charge on any atom is -0.299 e. The molecule has 1 aliphatic heterocycles. The van der Waals surface area contributed by atoms with Crippen LogP contribution in [0.25, 0.3) is 0 Å². The smallest absolute Gasteiger partial charge is 0.299 e.